The maximum Gasteiger partial charge on any atom is 0.416 e. The quantitative estimate of drug-likeness (QED) is 0.604. The predicted molar refractivity (Wildman–Crippen MR) is 103 cm³/mol. The molecule has 2 aliphatic rings. The number of benzene rings is 2. The summed E-state index contributed by atoms with van der Waals surface area (Å²) in [5.41, 5.74) is 2.36. The van der Waals surface area contributed by atoms with Crippen LogP contribution >= 0.6 is 0 Å². The first-order chi connectivity index (χ1) is 13.0. The number of halogens is 4. The average molecular weight is 393 g/mol. The van der Waals surface area contributed by atoms with Crippen molar-refractivity contribution in [2.75, 3.05) is 23.7 Å². The fraction of sp³-hybridized carbons (Fsp3) is 0.429. The minimum atomic E-state index is -4.52. The summed E-state index contributed by atoms with van der Waals surface area (Å²) < 4.78 is 53.2. The molecule has 28 heavy (non-hydrogen) atoms. The van der Waals surface area contributed by atoms with Gasteiger partial charge in [-0.15, -0.1) is 0 Å². The molecule has 7 heteroatoms. The van der Waals surface area contributed by atoms with Gasteiger partial charge < -0.3 is 16.0 Å². The van der Waals surface area contributed by atoms with Crippen LogP contribution in [-0.2, 0) is 11.6 Å². The number of fused-ring (bicyclic) bond motifs is 3. The maximum absolute atomic E-state index is 14.2. The van der Waals surface area contributed by atoms with E-state index < -0.39 is 17.6 Å². The Labute approximate surface area is 161 Å². The Kier molecular flexibility index (Phi) is 4.16. The van der Waals surface area contributed by atoms with Crippen molar-refractivity contribution >= 4 is 17.1 Å². The molecular formula is C21H23F4N3. The molecule has 2 heterocycles. The molecule has 1 fully saturated rings. The Balaban J connectivity index is 1.74. The van der Waals surface area contributed by atoms with Crippen LogP contribution in [0.2, 0.25) is 0 Å². The Bertz CT molecular complexity index is 940. The molecule has 0 unspecified atom stereocenters. The first kappa shape index (κ1) is 19.1. The number of hydrogen-bond acceptors (Lipinski definition) is 3. The van der Waals surface area contributed by atoms with E-state index in [9.17, 15) is 17.6 Å². The average Bonchev–Trinajstić information content (AvgIpc) is 2.84. The highest BCUT2D eigenvalue weighted by Gasteiger charge is 2.53. The third-order valence-corrected chi connectivity index (χ3v) is 6.40. The van der Waals surface area contributed by atoms with Gasteiger partial charge in [0.15, 0.2) is 0 Å². The van der Waals surface area contributed by atoms with E-state index in [1.807, 2.05) is 19.1 Å². The number of hydrogen-bond donors (Lipinski definition) is 3. The third-order valence-electron chi connectivity index (χ3n) is 6.40. The molecule has 0 spiro atoms. The topological polar surface area (TPSA) is 36.1 Å². The molecule has 2 aliphatic heterocycles. The molecule has 0 aliphatic carbocycles. The number of aryl methyl sites for hydroxylation is 1. The zero-order chi connectivity index (χ0) is 20.3. The van der Waals surface area contributed by atoms with Crippen LogP contribution in [0, 0.1) is 12.7 Å². The molecule has 0 radical (unpaired) electrons. The standard InChI is InChI=1S/C21H23F4N3/c1-12-8-14(27-17-9-13(21(23,24)25)4-5-16(17)22)10-15-18(12)28-20(3)6-7-26-11-19(15,20)2/h4-5,8-10,26-28H,6-7,11H2,1-3H3/t19-,20-/m0/s1. The Morgan fingerprint density at radius 1 is 1.11 bits per heavy atom. The summed E-state index contributed by atoms with van der Waals surface area (Å²) in [5, 5.41) is 9.96. The number of anilines is 3. The molecule has 0 bridgehead atoms. The molecule has 2 aromatic rings. The lowest BCUT2D eigenvalue weighted by atomic mass is 9.66. The van der Waals surface area contributed by atoms with Crippen LogP contribution in [0.1, 0.15) is 37.0 Å². The van der Waals surface area contributed by atoms with Crippen LogP contribution < -0.4 is 16.0 Å². The van der Waals surface area contributed by atoms with Gasteiger partial charge in [0.1, 0.15) is 5.82 Å². The summed E-state index contributed by atoms with van der Waals surface area (Å²) in [6, 6.07) is 6.16. The van der Waals surface area contributed by atoms with Crippen molar-refractivity contribution in [2.45, 2.75) is 44.3 Å². The van der Waals surface area contributed by atoms with Crippen molar-refractivity contribution in [3.05, 3.63) is 52.8 Å². The largest absolute Gasteiger partial charge is 0.416 e. The van der Waals surface area contributed by atoms with Gasteiger partial charge in [-0.2, -0.15) is 13.2 Å². The fourth-order valence-corrected chi connectivity index (χ4v) is 4.43. The van der Waals surface area contributed by atoms with Crippen LogP contribution in [0.5, 0.6) is 0 Å². The van der Waals surface area contributed by atoms with Gasteiger partial charge in [0.2, 0.25) is 0 Å². The van der Waals surface area contributed by atoms with E-state index in [2.05, 4.69) is 29.8 Å². The minimum absolute atomic E-state index is 0.106. The molecule has 1 saturated heterocycles. The van der Waals surface area contributed by atoms with Gasteiger partial charge in [0.05, 0.1) is 11.3 Å². The summed E-state index contributed by atoms with van der Waals surface area (Å²) in [5.74, 6) is -0.723. The van der Waals surface area contributed by atoms with Crippen molar-refractivity contribution in [1.82, 2.24) is 5.32 Å². The number of nitrogens with one attached hydrogen (secondary N) is 3. The minimum Gasteiger partial charge on any atom is -0.378 e. The maximum atomic E-state index is 14.2. The Morgan fingerprint density at radius 3 is 2.57 bits per heavy atom. The van der Waals surface area contributed by atoms with E-state index in [4.69, 9.17) is 0 Å². The van der Waals surface area contributed by atoms with Gasteiger partial charge >= 0.3 is 6.18 Å². The molecule has 2 atom stereocenters. The molecule has 0 saturated carbocycles. The van der Waals surface area contributed by atoms with Gasteiger partial charge in [-0.3, -0.25) is 0 Å². The van der Waals surface area contributed by atoms with Crippen molar-refractivity contribution in [2.24, 2.45) is 0 Å². The van der Waals surface area contributed by atoms with Crippen molar-refractivity contribution in [3.63, 3.8) is 0 Å². The van der Waals surface area contributed by atoms with Gasteiger partial charge in [-0.1, -0.05) is 6.92 Å². The monoisotopic (exact) mass is 393 g/mol. The summed E-state index contributed by atoms with van der Waals surface area (Å²) in [4.78, 5) is 0. The van der Waals surface area contributed by atoms with Gasteiger partial charge in [0.25, 0.3) is 0 Å². The second kappa shape index (κ2) is 6.11. The van der Waals surface area contributed by atoms with Gasteiger partial charge in [0, 0.05) is 28.9 Å². The fourth-order valence-electron chi connectivity index (χ4n) is 4.43. The lowest BCUT2D eigenvalue weighted by molar-refractivity contribution is -0.137. The Hall–Kier alpha value is -2.28. The molecule has 0 amide bonds. The van der Waals surface area contributed by atoms with E-state index in [-0.39, 0.29) is 16.6 Å². The second-order valence-electron chi connectivity index (χ2n) is 8.25. The van der Waals surface area contributed by atoms with Crippen LogP contribution in [0.15, 0.2) is 30.3 Å². The number of piperidine rings is 1. The van der Waals surface area contributed by atoms with Crippen molar-refractivity contribution in [1.29, 1.82) is 0 Å². The summed E-state index contributed by atoms with van der Waals surface area (Å²) in [6.45, 7) is 8.06. The first-order valence-electron chi connectivity index (χ1n) is 9.31. The molecule has 3 N–H and O–H groups in total. The first-order valence-corrected chi connectivity index (χ1v) is 9.31. The molecule has 3 nitrogen and oxygen atoms in total. The van der Waals surface area contributed by atoms with E-state index >= 15 is 0 Å². The van der Waals surface area contributed by atoms with Crippen LogP contribution in [-0.4, -0.2) is 18.6 Å². The molecule has 4 rings (SSSR count). The molecule has 2 aromatic carbocycles. The highest BCUT2D eigenvalue weighted by molar-refractivity contribution is 5.75. The zero-order valence-electron chi connectivity index (χ0n) is 16.0. The summed E-state index contributed by atoms with van der Waals surface area (Å²) >= 11 is 0. The van der Waals surface area contributed by atoms with Gasteiger partial charge in [-0.25, -0.2) is 4.39 Å². The lowest BCUT2D eigenvalue weighted by Gasteiger charge is -2.45. The normalized spacial score (nSPS) is 26.4. The van der Waals surface area contributed by atoms with Crippen molar-refractivity contribution in [3.8, 4) is 0 Å². The SMILES string of the molecule is Cc1cc(Nc2cc(C(F)(F)F)ccc2F)cc2c1N[C@@]1(C)CCNC[C@@]21C. The number of alkyl halides is 3. The van der Waals surface area contributed by atoms with E-state index in [0.29, 0.717) is 5.69 Å². The van der Waals surface area contributed by atoms with E-state index in [1.165, 1.54) is 0 Å². The van der Waals surface area contributed by atoms with Crippen LogP contribution in [0.3, 0.4) is 0 Å². The highest BCUT2D eigenvalue weighted by Crippen LogP contribution is 2.52. The summed E-state index contributed by atoms with van der Waals surface area (Å²) in [7, 11) is 0. The molecular weight excluding hydrogens is 370 g/mol. The third kappa shape index (κ3) is 2.83. The predicted octanol–water partition coefficient (Wildman–Crippen LogP) is 5.33. The molecule has 0 aromatic heterocycles. The van der Waals surface area contributed by atoms with E-state index in [0.717, 1.165) is 54.5 Å². The highest BCUT2D eigenvalue weighted by atomic mass is 19.4. The van der Waals surface area contributed by atoms with Crippen LogP contribution in [0.4, 0.5) is 34.6 Å². The zero-order valence-corrected chi connectivity index (χ0v) is 16.0. The lowest BCUT2D eigenvalue weighted by Crippen LogP contribution is -2.58. The van der Waals surface area contributed by atoms with E-state index in [1.54, 1.807) is 0 Å². The van der Waals surface area contributed by atoms with Crippen LogP contribution in [0.25, 0.3) is 0 Å². The van der Waals surface area contributed by atoms with Gasteiger partial charge in [-0.05, 0) is 68.3 Å². The smallest absolute Gasteiger partial charge is 0.378 e. The summed E-state index contributed by atoms with van der Waals surface area (Å²) in [6.07, 6.45) is -3.56. The number of rotatable bonds is 2. The van der Waals surface area contributed by atoms with Crippen molar-refractivity contribution < 1.29 is 17.6 Å². The Morgan fingerprint density at radius 2 is 1.86 bits per heavy atom. The second-order valence-corrected chi connectivity index (χ2v) is 8.25. The molecule has 150 valence electrons.